The highest BCUT2D eigenvalue weighted by Crippen LogP contribution is 2.30. The Kier molecular flexibility index (Phi) is 3.91. The molecule has 26 heavy (non-hydrogen) atoms. The van der Waals surface area contributed by atoms with E-state index in [0.717, 1.165) is 22.3 Å². The zero-order chi connectivity index (χ0) is 18.3. The maximum atomic E-state index is 6.10. The second kappa shape index (κ2) is 6.25. The number of ether oxygens (including phenoxy) is 1. The van der Waals surface area contributed by atoms with Crippen molar-refractivity contribution in [2.75, 3.05) is 0 Å². The molecule has 3 heterocycles. The van der Waals surface area contributed by atoms with Gasteiger partial charge in [0.05, 0.1) is 0 Å². The van der Waals surface area contributed by atoms with Crippen LogP contribution in [0.2, 0.25) is 0 Å². The van der Waals surface area contributed by atoms with E-state index in [1.54, 1.807) is 6.92 Å². The Morgan fingerprint density at radius 1 is 0.962 bits per heavy atom. The molecule has 0 radical (unpaired) electrons. The Hall–Kier alpha value is -3.22. The smallest absolute Gasteiger partial charge is 0.257 e. The van der Waals surface area contributed by atoms with Crippen LogP contribution < -0.4 is 4.74 Å². The van der Waals surface area contributed by atoms with Gasteiger partial charge in [-0.25, -0.2) is 0 Å². The Bertz CT molecular complexity index is 1070. The van der Waals surface area contributed by atoms with Crippen molar-refractivity contribution in [1.29, 1.82) is 0 Å². The van der Waals surface area contributed by atoms with Crippen molar-refractivity contribution in [2.45, 2.75) is 33.8 Å². The molecule has 0 aliphatic carbocycles. The third kappa shape index (κ3) is 3.03. The summed E-state index contributed by atoms with van der Waals surface area (Å²) in [5.74, 6) is 3.02. The van der Waals surface area contributed by atoms with E-state index in [1.807, 2.05) is 51.1 Å². The van der Waals surface area contributed by atoms with Gasteiger partial charge in [0.2, 0.25) is 11.6 Å². The molecule has 1 aromatic carbocycles. The Morgan fingerprint density at radius 3 is 2.42 bits per heavy atom. The van der Waals surface area contributed by atoms with E-state index in [1.165, 1.54) is 0 Å². The molecule has 4 rings (SSSR count). The minimum Gasteiger partial charge on any atom is -0.469 e. The minimum absolute atomic E-state index is 0.193. The maximum Gasteiger partial charge on any atom is 0.257 e. The zero-order valence-electron chi connectivity index (χ0n) is 15.0. The van der Waals surface area contributed by atoms with E-state index in [0.29, 0.717) is 29.1 Å². The van der Waals surface area contributed by atoms with Crippen molar-refractivity contribution in [3.05, 3.63) is 53.3 Å². The molecule has 0 fully saturated rings. The Labute approximate surface area is 150 Å². The first-order valence-corrected chi connectivity index (χ1v) is 8.31. The highest BCUT2D eigenvalue weighted by Gasteiger charge is 2.16. The summed E-state index contributed by atoms with van der Waals surface area (Å²) < 4.78 is 16.9. The standard InChI is InChI=1S/C19H18N4O3/c1-10-9-16-18(24-10)20-12(3)21-19(16)25-11(2)14-5-7-15(8-6-14)17-22-13(4)23-26-17/h5-9,11H,1-4H3. The van der Waals surface area contributed by atoms with Gasteiger partial charge in [-0.15, -0.1) is 0 Å². The summed E-state index contributed by atoms with van der Waals surface area (Å²) >= 11 is 0. The molecule has 0 saturated carbocycles. The molecule has 0 saturated heterocycles. The zero-order valence-corrected chi connectivity index (χ0v) is 15.0. The summed E-state index contributed by atoms with van der Waals surface area (Å²) in [6.07, 6.45) is -0.193. The molecule has 3 aromatic heterocycles. The maximum absolute atomic E-state index is 6.10. The lowest BCUT2D eigenvalue weighted by Gasteiger charge is -2.15. The van der Waals surface area contributed by atoms with E-state index in [2.05, 4.69) is 20.1 Å². The molecular formula is C19H18N4O3. The fraction of sp³-hybridized carbons (Fsp3) is 0.263. The van der Waals surface area contributed by atoms with E-state index in [9.17, 15) is 0 Å². The quantitative estimate of drug-likeness (QED) is 0.541. The third-order valence-electron chi connectivity index (χ3n) is 4.04. The molecule has 0 amide bonds. The number of nitrogens with zero attached hydrogens (tertiary/aromatic N) is 4. The fourth-order valence-electron chi connectivity index (χ4n) is 2.75. The van der Waals surface area contributed by atoms with Crippen molar-refractivity contribution in [3.8, 4) is 17.3 Å². The molecule has 4 aromatic rings. The van der Waals surface area contributed by atoms with Crippen molar-refractivity contribution in [3.63, 3.8) is 0 Å². The first kappa shape index (κ1) is 16.3. The SMILES string of the molecule is Cc1noc(-c2ccc(C(C)Oc3nc(C)nc4oc(C)cc34)cc2)n1. The lowest BCUT2D eigenvalue weighted by Crippen LogP contribution is -2.05. The first-order chi connectivity index (χ1) is 12.5. The van der Waals surface area contributed by atoms with Gasteiger partial charge in [-0.05, 0) is 51.5 Å². The van der Waals surface area contributed by atoms with Gasteiger partial charge < -0.3 is 13.7 Å². The second-order valence-electron chi connectivity index (χ2n) is 6.18. The average molecular weight is 350 g/mol. The van der Waals surface area contributed by atoms with Crippen molar-refractivity contribution in [1.82, 2.24) is 20.1 Å². The average Bonchev–Trinajstić information content (AvgIpc) is 3.20. The van der Waals surface area contributed by atoms with Crippen LogP contribution in [0.3, 0.4) is 0 Å². The number of hydrogen-bond acceptors (Lipinski definition) is 7. The van der Waals surface area contributed by atoms with E-state index in [4.69, 9.17) is 13.7 Å². The Morgan fingerprint density at radius 2 is 1.73 bits per heavy atom. The number of aryl methyl sites for hydroxylation is 3. The van der Waals surface area contributed by atoms with Crippen LogP contribution in [0, 0.1) is 20.8 Å². The van der Waals surface area contributed by atoms with Gasteiger partial charge in [0.25, 0.3) is 5.89 Å². The van der Waals surface area contributed by atoms with Crippen molar-refractivity contribution < 1.29 is 13.7 Å². The molecule has 0 aliphatic rings. The van der Waals surface area contributed by atoms with E-state index in [-0.39, 0.29) is 6.10 Å². The monoisotopic (exact) mass is 350 g/mol. The number of fused-ring (bicyclic) bond motifs is 1. The summed E-state index contributed by atoms with van der Waals surface area (Å²) in [5.41, 5.74) is 2.42. The summed E-state index contributed by atoms with van der Waals surface area (Å²) in [6.45, 7) is 7.46. The number of hydrogen-bond donors (Lipinski definition) is 0. The predicted octanol–water partition coefficient (Wildman–Crippen LogP) is 4.34. The molecule has 7 nitrogen and oxygen atoms in total. The second-order valence-corrected chi connectivity index (χ2v) is 6.18. The molecule has 1 unspecified atom stereocenters. The van der Waals surface area contributed by atoms with Crippen LogP contribution in [-0.2, 0) is 0 Å². The van der Waals surface area contributed by atoms with Crippen LogP contribution in [0.4, 0.5) is 0 Å². The van der Waals surface area contributed by atoms with Gasteiger partial charge in [-0.1, -0.05) is 17.3 Å². The van der Waals surface area contributed by atoms with Crippen LogP contribution in [0.15, 0.2) is 39.3 Å². The largest absolute Gasteiger partial charge is 0.469 e. The number of benzene rings is 1. The molecule has 0 N–H and O–H groups in total. The van der Waals surface area contributed by atoms with Crippen molar-refractivity contribution >= 4 is 11.1 Å². The molecule has 0 aliphatic heterocycles. The van der Waals surface area contributed by atoms with Gasteiger partial charge in [0.15, 0.2) is 5.82 Å². The van der Waals surface area contributed by atoms with Gasteiger partial charge in [-0.2, -0.15) is 15.0 Å². The van der Waals surface area contributed by atoms with Crippen LogP contribution in [0.25, 0.3) is 22.6 Å². The van der Waals surface area contributed by atoms with Gasteiger partial charge >= 0.3 is 0 Å². The predicted molar refractivity (Wildman–Crippen MR) is 94.8 cm³/mol. The highest BCUT2D eigenvalue weighted by atomic mass is 16.5. The van der Waals surface area contributed by atoms with Crippen LogP contribution in [-0.4, -0.2) is 20.1 Å². The lowest BCUT2D eigenvalue weighted by molar-refractivity contribution is 0.220. The fourth-order valence-corrected chi connectivity index (χ4v) is 2.75. The van der Waals surface area contributed by atoms with Crippen LogP contribution in [0.5, 0.6) is 5.88 Å². The molecule has 0 bridgehead atoms. The minimum atomic E-state index is -0.193. The highest BCUT2D eigenvalue weighted by molar-refractivity contribution is 5.79. The molecular weight excluding hydrogens is 332 g/mol. The summed E-state index contributed by atoms with van der Waals surface area (Å²) in [6, 6.07) is 9.71. The third-order valence-corrected chi connectivity index (χ3v) is 4.04. The first-order valence-electron chi connectivity index (χ1n) is 8.31. The summed E-state index contributed by atoms with van der Waals surface area (Å²) in [7, 11) is 0. The van der Waals surface area contributed by atoms with Crippen molar-refractivity contribution in [2.24, 2.45) is 0 Å². The number of aromatic nitrogens is 4. The molecule has 0 spiro atoms. The lowest BCUT2D eigenvalue weighted by atomic mass is 10.1. The Balaban J connectivity index is 1.59. The summed E-state index contributed by atoms with van der Waals surface area (Å²) in [5, 5.41) is 4.59. The molecule has 132 valence electrons. The van der Waals surface area contributed by atoms with Gasteiger partial charge in [0, 0.05) is 5.56 Å². The molecule has 7 heteroatoms. The molecule has 1 atom stereocenters. The van der Waals surface area contributed by atoms with Gasteiger partial charge in [-0.3, -0.25) is 0 Å². The summed E-state index contributed by atoms with van der Waals surface area (Å²) in [4.78, 5) is 13.0. The van der Waals surface area contributed by atoms with Crippen LogP contribution >= 0.6 is 0 Å². The van der Waals surface area contributed by atoms with E-state index < -0.39 is 0 Å². The topological polar surface area (TPSA) is 87.1 Å². The normalized spacial score (nSPS) is 12.5. The number of furan rings is 1. The number of rotatable bonds is 4. The van der Waals surface area contributed by atoms with E-state index >= 15 is 0 Å². The van der Waals surface area contributed by atoms with Crippen LogP contribution in [0.1, 0.15) is 36.0 Å². The van der Waals surface area contributed by atoms with Gasteiger partial charge in [0.1, 0.15) is 23.1 Å².